The number of aliphatic carboxylic acids is 1. The van der Waals surface area contributed by atoms with Gasteiger partial charge in [0.15, 0.2) is 6.10 Å². The lowest BCUT2D eigenvalue weighted by Gasteiger charge is -2.25. The summed E-state index contributed by atoms with van der Waals surface area (Å²) in [7, 11) is 5.94. The smallest absolute Gasteiger partial charge is 0.361 e. The molecule has 0 aliphatic carbocycles. The number of carbonyl (C=O) groups excluding carboxylic acids is 2. The number of rotatable bonds is 41. The maximum absolute atomic E-state index is 12.8. The third-order valence-corrected chi connectivity index (χ3v) is 9.56. The van der Waals surface area contributed by atoms with Crippen molar-refractivity contribution in [1.29, 1.82) is 0 Å². The minimum atomic E-state index is -1.51. The Hall–Kier alpha value is -2.75. The molecule has 0 saturated carbocycles. The summed E-state index contributed by atoms with van der Waals surface area (Å²) in [5.74, 6) is -2.04. The second-order valence-electron chi connectivity index (χ2n) is 16.4. The standard InChI is InChI=1S/C48H85NO8/c1-6-8-10-12-14-16-18-19-20-21-22-23-24-25-26-27-29-31-33-35-37-39-46(51)57-44(43-56-48(47(52)53)54-41-40-49(3,4)5)42-55-45(50)38-36-34-32-30-28-17-15-13-11-9-7-2/h13,15,18-19,21-22,24-25,44,48H,6-12,14,16-17,20,23,26-43H2,1-5H3/p+1/b15-13-,19-18-,22-21-,25-24-. The summed E-state index contributed by atoms with van der Waals surface area (Å²) in [6.45, 7) is 4.78. The van der Waals surface area contributed by atoms with Crippen molar-refractivity contribution in [3.63, 3.8) is 0 Å². The van der Waals surface area contributed by atoms with Crippen LogP contribution in [0, 0.1) is 0 Å². The van der Waals surface area contributed by atoms with Crippen LogP contribution in [0.25, 0.3) is 0 Å². The lowest BCUT2D eigenvalue weighted by molar-refractivity contribution is -0.870. The lowest BCUT2D eigenvalue weighted by Crippen LogP contribution is -2.40. The van der Waals surface area contributed by atoms with Gasteiger partial charge in [0.1, 0.15) is 13.2 Å². The molecule has 0 amide bonds. The molecule has 0 fully saturated rings. The summed E-state index contributed by atoms with van der Waals surface area (Å²) < 4.78 is 22.7. The minimum Gasteiger partial charge on any atom is -0.477 e. The van der Waals surface area contributed by atoms with E-state index in [1.165, 1.54) is 51.4 Å². The first-order valence-electron chi connectivity index (χ1n) is 22.8. The zero-order chi connectivity index (χ0) is 42.1. The minimum absolute atomic E-state index is 0.182. The number of hydrogen-bond donors (Lipinski definition) is 1. The van der Waals surface area contributed by atoms with Crippen LogP contribution in [0.2, 0.25) is 0 Å². The number of carboxylic acid groups (broad SMARTS) is 1. The van der Waals surface area contributed by atoms with Crippen LogP contribution in [0.3, 0.4) is 0 Å². The summed E-state index contributed by atoms with van der Waals surface area (Å²) in [5, 5.41) is 9.62. The van der Waals surface area contributed by atoms with Crippen molar-refractivity contribution in [2.75, 3.05) is 47.5 Å². The van der Waals surface area contributed by atoms with Gasteiger partial charge in [0.25, 0.3) is 6.29 Å². The average molecular weight is 805 g/mol. The molecule has 0 rings (SSSR count). The highest BCUT2D eigenvalue weighted by atomic mass is 16.7. The van der Waals surface area contributed by atoms with Gasteiger partial charge in [-0.25, -0.2) is 4.79 Å². The van der Waals surface area contributed by atoms with Crippen molar-refractivity contribution in [2.45, 2.75) is 193 Å². The first kappa shape index (κ1) is 54.2. The van der Waals surface area contributed by atoms with Crippen molar-refractivity contribution in [1.82, 2.24) is 0 Å². The maximum Gasteiger partial charge on any atom is 0.361 e. The first-order chi connectivity index (χ1) is 27.6. The SMILES string of the molecule is CCCC/C=C\CCCCCCCC(=O)OCC(COC(OCC[N+](C)(C)C)C(=O)O)OC(=O)CCCCCCCC/C=C\C/C=C\C/C=C\CCCCCCC. The second-order valence-corrected chi connectivity index (χ2v) is 16.4. The molecule has 2 atom stereocenters. The summed E-state index contributed by atoms with van der Waals surface area (Å²) in [6, 6.07) is 0. The normalized spacial score (nSPS) is 13.4. The van der Waals surface area contributed by atoms with Gasteiger partial charge in [0, 0.05) is 12.8 Å². The van der Waals surface area contributed by atoms with Crippen LogP contribution in [0.4, 0.5) is 0 Å². The summed E-state index contributed by atoms with van der Waals surface area (Å²) in [5.41, 5.74) is 0. The number of ether oxygens (including phenoxy) is 4. The van der Waals surface area contributed by atoms with E-state index in [4.69, 9.17) is 18.9 Å². The van der Waals surface area contributed by atoms with Gasteiger partial charge in [0.05, 0.1) is 34.4 Å². The van der Waals surface area contributed by atoms with Gasteiger partial charge in [-0.15, -0.1) is 0 Å². The number of quaternary nitrogens is 1. The van der Waals surface area contributed by atoms with Crippen LogP contribution < -0.4 is 0 Å². The molecular weight excluding hydrogens is 719 g/mol. The first-order valence-corrected chi connectivity index (χ1v) is 22.8. The van der Waals surface area contributed by atoms with E-state index in [1.807, 2.05) is 21.1 Å². The largest absolute Gasteiger partial charge is 0.477 e. The molecule has 9 nitrogen and oxygen atoms in total. The van der Waals surface area contributed by atoms with Gasteiger partial charge < -0.3 is 28.5 Å². The van der Waals surface area contributed by atoms with Crippen LogP contribution in [0.1, 0.15) is 181 Å². The molecule has 9 heteroatoms. The zero-order valence-electron chi connectivity index (χ0n) is 37.2. The molecule has 330 valence electrons. The summed E-state index contributed by atoms with van der Waals surface area (Å²) >= 11 is 0. The number of hydrogen-bond acceptors (Lipinski definition) is 7. The fraction of sp³-hybridized carbons (Fsp3) is 0.771. The van der Waals surface area contributed by atoms with Crippen molar-refractivity contribution in [3.05, 3.63) is 48.6 Å². The van der Waals surface area contributed by atoms with Crippen LogP contribution in [0.5, 0.6) is 0 Å². The van der Waals surface area contributed by atoms with E-state index in [0.29, 0.717) is 17.4 Å². The monoisotopic (exact) mass is 805 g/mol. The van der Waals surface area contributed by atoms with E-state index in [1.54, 1.807) is 0 Å². The van der Waals surface area contributed by atoms with Crippen LogP contribution in [-0.2, 0) is 33.3 Å². The Morgan fingerprint density at radius 3 is 1.47 bits per heavy atom. The third kappa shape index (κ3) is 41.2. The molecule has 0 heterocycles. The van der Waals surface area contributed by atoms with Crippen molar-refractivity contribution in [3.8, 4) is 0 Å². The Morgan fingerprint density at radius 1 is 0.526 bits per heavy atom. The molecule has 0 aromatic rings. The topological polar surface area (TPSA) is 108 Å². The molecule has 57 heavy (non-hydrogen) atoms. The predicted molar refractivity (Wildman–Crippen MR) is 235 cm³/mol. The molecular formula is C48H86NO8+. The second kappa shape index (κ2) is 40.0. The predicted octanol–water partition coefficient (Wildman–Crippen LogP) is 12.0. The van der Waals surface area contributed by atoms with Gasteiger partial charge in [-0.3, -0.25) is 9.59 Å². The fourth-order valence-electron chi connectivity index (χ4n) is 5.94. The van der Waals surface area contributed by atoms with E-state index in [-0.39, 0.29) is 38.6 Å². The maximum atomic E-state index is 12.8. The number of likely N-dealkylation sites (N-methyl/N-ethyl adjacent to an activating group) is 1. The van der Waals surface area contributed by atoms with Gasteiger partial charge in [0.2, 0.25) is 0 Å². The fourth-order valence-corrected chi connectivity index (χ4v) is 5.94. The average Bonchev–Trinajstić information content (AvgIpc) is 3.17. The number of nitrogens with zero attached hydrogens (tertiary/aromatic N) is 1. The van der Waals surface area contributed by atoms with E-state index < -0.39 is 24.3 Å². The Bertz CT molecular complexity index is 1080. The Balaban J connectivity index is 4.43. The van der Waals surface area contributed by atoms with Gasteiger partial charge in [-0.2, -0.15) is 0 Å². The molecule has 0 radical (unpaired) electrons. The number of carbonyl (C=O) groups is 3. The van der Waals surface area contributed by atoms with Crippen LogP contribution in [0.15, 0.2) is 48.6 Å². The van der Waals surface area contributed by atoms with Gasteiger partial charge >= 0.3 is 17.9 Å². The lowest BCUT2D eigenvalue weighted by atomic mass is 10.1. The van der Waals surface area contributed by atoms with Crippen molar-refractivity contribution >= 4 is 17.9 Å². The summed E-state index contributed by atoms with van der Waals surface area (Å²) in [6.07, 6.45) is 43.1. The highest BCUT2D eigenvalue weighted by Gasteiger charge is 2.25. The highest BCUT2D eigenvalue weighted by Crippen LogP contribution is 2.13. The third-order valence-electron chi connectivity index (χ3n) is 9.56. The van der Waals surface area contributed by atoms with Crippen LogP contribution in [-0.4, -0.2) is 87.4 Å². The quantitative estimate of drug-likeness (QED) is 0.0214. The van der Waals surface area contributed by atoms with Gasteiger partial charge in [-0.1, -0.05) is 146 Å². The van der Waals surface area contributed by atoms with Crippen molar-refractivity contribution in [2.24, 2.45) is 0 Å². The Labute approximate surface area is 349 Å². The Morgan fingerprint density at radius 2 is 0.965 bits per heavy atom. The number of allylic oxidation sites excluding steroid dienone is 8. The van der Waals surface area contributed by atoms with E-state index in [0.717, 1.165) is 96.3 Å². The molecule has 0 spiro atoms. The molecule has 0 aromatic carbocycles. The molecule has 0 aromatic heterocycles. The molecule has 1 N–H and O–H groups in total. The van der Waals surface area contributed by atoms with Crippen LogP contribution >= 0.6 is 0 Å². The highest BCUT2D eigenvalue weighted by molar-refractivity contribution is 5.71. The number of unbranched alkanes of at least 4 members (excludes halogenated alkanes) is 18. The number of carboxylic acids is 1. The van der Waals surface area contributed by atoms with Gasteiger partial charge in [-0.05, 0) is 70.6 Å². The van der Waals surface area contributed by atoms with E-state index >= 15 is 0 Å². The van der Waals surface area contributed by atoms with E-state index in [9.17, 15) is 19.5 Å². The number of esters is 2. The molecule has 0 aliphatic rings. The molecule has 0 saturated heterocycles. The zero-order valence-corrected chi connectivity index (χ0v) is 37.2. The molecule has 0 bridgehead atoms. The summed E-state index contributed by atoms with van der Waals surface area (Å²) in [4.78, 5) is 37.1. The Kier molecular flexibility index (Phi) is 38.1. The molecule has 0 aliphatic heterocycles. The van der Waals surface area contributed by atoms with Crippen molar-refractivity contribution < 1.29 is 42.9 Å². The van der Waals surface area contributed by atoms with E-state index in [2.05, 4.69) is 62.5 Å². The molecule has 2 unspecified atom stereocenters.